The average molecular weight is 414 g/mol. The van der Waals surface area contributed by atoms with Crippen LogP contribution >= 0.6 is 31.9 Å². The van der Waals surface area contributed by atoms with Crippen LogP contribution < -0.4 is 4.74 Å². The minimum atomic E-state index is -0.345. The van der Waals surface area contributed by atoms with Gasteiger partial charge in [-0.25, -0.2) is 4.79 Å². The van der Waals surface area contributed by atoms with Gasteiger partial charge < -0.3 is 9.47 Å². The van der Waals surface area contributed by atoms with Crippen molar-refractivity contribution in [3.8, 4) is 5.75 Å². The Bertz CT molecular complexity index is 641. The molecule has 0 unspecified atom stereocenters. The quantitative estimate of drug-likeness (QED) is 0.526. The van der Waals surface area contributed by atoms with Gasteiger partial charge in [-0.15, -0.1) is 0 Å². The standard InChI is InChI=1S/C16H14Br2O3/c1-20-16(19)12-4-2-3-11(7-12)10-21-14-5-6-15(18)13(8-14)9-17/h2-8H,9-10H2,1H3. The number of halogens is 2. The summed E-state index contributed by atoms with van der Waals surface area (Å²) in [7, 11) is 1.37. The number of methoxy groups -OCH3 is 1. The molecule has 0 saturated carbocycles. The summed E-state index contributed by atoms with van der Waals surface area (Å²) in [6.07, 6.45) is 0. The highest BCUT2D eigenvalue weighted by Gasteiger charge is 2.06. The van der Waals surface area contributed by atoms with Crippen molar-refractivity contribution < 1.29 is 14.3 Å². The largest absolute Gasteiger partial charge is 0.489 e. The predicted octanol–water partition coefficient (Wildman–Crippen LogP) is 4.71. The van der Waals surface area contributed by atoms with Crippen molar-refractivity contribution in [1.82, 2.24) is 0 Å². The molecule has 0 heterocycles. The second-order valence-electron chi connectivity index (χ2n) is 4.37. The van der Waals surface area contributed by atoms with Crippen LogP contribution in [0.3, 0.4) is 0 Å². The van der Waals surface area contributed by atoms with E-state index in [2.05, 4.69) is 31.9 Å². The van der Waals surface area contributed by atoms with Gasteiger partial charge in [-0.1, -0.05) is 44.0 Å². The first kappa shape index (κ1) is 16.0. The zero-order chi connectivity index (χ0) is 15.2. The van der Waals surface area contributed by atoms with Crippen molar-refractivity contribution in [3.05, 3.63) is 63.6 Å². The van der Waals surface area contributed by atoms with E-state index in [4.69, 9.17) is 9.47 Å². The molecule has 0 N–H and O–H groups in total. The van der Waals surface area contributed by atoms with Crippen molar-refractivity contribution in [1.29, 1.82) is 0 Å². The highest BCUT2D eigenvalue weighted by molar-refractivity contribution is 9.10. The molecule has 0 saturated heterocycles. The van der Waals surface area contributed by atoms with Gasteiger partial charge in [0, 0.05) is 9.80 Å². The second-order valence-corrected chi connectivity index (χ2v) is 5.78. The van der Waals surface area contributed by atoms with Crippen LogP contribution in [0.4, 0.5) is 0 Å². The number of hydrogen-bond donors (Lipinski definition) is 0. The van der Waals surface area contributed by atoms with Crippen LogP contribution in [0.15, 0.2) is 46.9 Å². The Morgan fingerprint density at radius 2 is 2.00 bits per heavy atom. The van der Waals surface area contributed by atoms with E-state index >= 15 is 0 Å². The lowest BCUT2D eigenvalue weighted by Gasteiger charge is -2.09. The van der Waals surface area contributed by atoms with Gasteiger partial charge in [-0.3, -0.25) is 0 Å². The number of rotatable bonds is 5. The Labute approximate surface area is 140 Å². The van der Waals surface area contributed by atoms with Gasteiger partial charge in [0.05, 0.1) is 12.7 Å². The molecule has 0 aliphatic heterocycles. The Kier molecular flexibility index (Phi) is 5.82. The summed E-state index contributed by atoms with van der Waals surface area (Å²) in [5, 5.41) is 0.753. The molecule has 0 atom stereocenters. The summed E-state index contributed by atoms with van der Waals surface area (Å²) < 4.78 is 11.5. The molecular weight excluding hydrogens is 400 g/mol. The van der Waals surface area contributed by atoms with Crippen molar-refractivity contribution in [3.63, 3.8) is 0 Å². The molecule has 21 heavy (non-hydrogen) atoms. The van der Waals surface area contributed by atoms with E-state index in [1.807, 2.05) is 30.3 Å². The SMILES string of the molecule is COC(=O)c1cccc(COc2ccc(Br)c(CBr)c2)c1. The fraction of sp³-hybridized carbons (Fsp3) is 0.188. The first-order valence-corrected chi connectivity index (χ1v) is 8.20. The van der Waals surface area contributed by atoms with Crippen LogP contribution in [0.1, 0.15) is 21.5 Å². The molecule has 2 aromatic rings. The number of ether oxygens (including phenoxy) is 2. The van der Waals surface area contributed by atoms with Crippen molar-refractivity contribution in [2.45, 2.75) is 11.9 Å². The zero-order valence-electron chi connectivity index (χ0n) is 11.4. The topological polar surface area (TPSA) is 35.5 Å². The average Bonchev–Trinajstić information content (AvgIpc) is 2.53. The van der Waals surface area contributed by atoms with Crippen LogP contribution in [0, 0.1) is 0 Å². The van der Waals surface area contributed by atoms with Crippen LogP contribution in [0.5, 0.6) is 5.75 Å². The van der Waals surface area contributed by atoms with E-state index in [1.54, 1.807) is 12.1 Å². The minimum Gasteiger partial charge on any atom is -0.489 e. The number of hydrogen-bond acceptors (Lipinski definition) is 3. The first-order valence-electron chi connectivity index (χ1n) is 6.28. The Morgan fingerprint density at radius 3 is 2.71 bits per heavy atom. The van der Waals surface area contributed by atoms with Crippen LogP contribution in [0.25, 0.3) is 0 Å². The van der Waals surface area contributed by atoms with Crippen LogP contribution in [-0.2, 0) is 16.7 Å². The highest BCUT2D eigenvalue weighted by atomic mass is 79.9. The molecule has 0 amide bonds. The van der Waals surface area contributed by atoms with Crippen molar-refractivity contribution >= 4 is 37.8 Å². The van der Waals surface area contributed by atoms with Crippen molar-refractivity contribution in [2.75, 3.05) is 7.11 Å². The van der Waals surface area contributed by atoms with Crippen LogP contribution in [0.2, 0.25) is 0 Å². The van der Waals surface area contributed by atoms with Gasteiger partial charge in [0.2, 0.25) is 0 Å². The van der Waals surface area contributed by atoms with E-state index in [9.17, 15) is 4.79 Å². The van der Waals surface area contributed by atoms with Gasteiger partial charge in [0.1, 0.15) is 12.4 Å². The summed E-state index contributed by atoms with van der Waals surface area (Å²) in [5.41, 5.74) is 2.56. The number of carbonyl (C=O) groups excluding carboxylic acids is 1. The van der Waals surface area contributed by atoms with E-state index in [0.29, 0.717) is 12.2 Å². The smallest absolute Gasteiger partial charge is 0.337 e. The van der Waals surface area contributed by atoms with Crippen LogP contribution in [-0.4, -0.2) is 13.1 Å². The maximum atomic E-state index is 11.5. The molecule has 110 valence electrons. The fourth-order valence-corrected chi connectivity index (χ4v) is 3.04. The molecule has 0 radical (unpaired) electrons. The summed E-state index contributed by atoms with van der Waals surface area (Å²) in [6.45, 7) is 0.397. The molecule has 0 spiro atoms. The number of benzene rings is 2. The molecule has 0 fully saturated rings. The molecule has 3 nitrogen and oxygen atoms in total. The maximum Gasteiger partial charge on any atom is 0.337 e. The fourth-order valence-electron chi connectivity index (χ4n) is 1.82. The number of carbonyl (C=O) groups is 1. The second kappa shape index (κ2) is 7.61. The lowest BCUT2D eigenvalue weighted by atomic mass is 10.1. The lowest BCUT2D eigenvalue weighted by Crippen LogP contribution is -2.03. The summed E-state index contributed by atoms with van der Waals surface area (Å²) in [6, 6.07) is 13.1. The van der Waals surface area contributed by atoms with Gasteiger partial charge in [0.25, 0.3) is 0 Å². The number of esters is 1. The van der Waals surface area contributed by atoms with E-state index in [0.717, 1.165) is 26.7 Å². The summed E-state index contributed by atoms with van der Waals surface area (Å²) in [4.78, 5) is 11.5. The van der Waals surface area contributed by atoms with Gasteiger partial charge >= 0.3 is 5.97 Å². The molecule has 0 bridgehead atoms. The predicted molar refractivity (Wildman–Crippen MR) is 88.9 cm³/mol. The maximum absolute atomic E-state index is 11.5. The lowest BCUT2D eigenvalue weighted by molar-refractivity contribution is 0.0600. The Morgan fingerprint density at radius 1 is 1.19 bits per heavy atom. The van der Waals surface area contributed by atoms with Gasteiger partial charge in [-0.2, -0.15) is 0 Å². The molecular formula is C16H14Br2O3. The molecule has 0 aliphatic carbocycles. The Hall–Kier alpha value is -1.33. The van der Waals surface area contributed by atoms with E-state index in [-0.39, 0.29) is 5.97 Å². The third-order valence-corrected chi connectivity index (χ3v) is 4.29. The molecule has 2 aromatic carbocycles. The normalized spacial score (nSPS) is 10.2. The van der Waals surface area contributed by atoms with E-state index in [1.165, 1.54) is 7.11 Å². The number of alkyl halides is 1. The third kappa shape index (κ3) is 4.32. The monoisotopic (exact) mass is 412 g/mol. The van der Waals surface area contributed by atoms with Gasteiger partial charge in [0.15, 0.2) is 0 Å². The minimum absolute atomic E-state index is 0.345. The molecule has 5 heteroatoms. The van der Waals surface area contributed by atoms with Gasteiger partial charge in [-0.05, 0) is 41.5 Å². The first-order chi connectivity index (χ1) is 10.1. The molecule has 0 aromatic heterocycles. The van der Waals surface area contributed by atoms with E-state index < -0.39 is 0 Å². The highest BCUT2D eigenvalue weighted by Crippen LogP contribution is 2.25. The summed E-state index contributed by atoms with van der Waals surface area (Å²) >= 11 is 6.92. The Balaban J connectivity index is 2.08. The van der Waals surface area contributed by atoms with Crippen molar-refractivity contribution in [2.24, 2.45) is 0 Å². The third-order valence-electron chi connectivity index (χ3n) is 2.91. The molecule has 2 rings (SSSR count). The summed E-state index contributed by atoms with van der Waals surface area (Å²) in [5.74, 6) is 0.443. The molecule has 0 aliphatic rings. The zero-order valence-corrected chi connectivity index (χ0v) is 14.6.